The van der Waals surface area contributed by atoms with Crippen LogP contribution in [0.5, 0.6) is 0 Å². The Morgan fingerprint density at radius 2 is 0.938 bits per heavy atom. The number of nitrogens with one attached hydrogen (secondary N) is 4. The van der Waals surface area contributed by atoms with Crippen LogP contribution in [-0.4, -0.2) is 105 Å². The number of nitrogens with two attached hydrogens (primary N) is 1. The van der Waals surface area contributed by atoms with Crippen molar-refractivity contribution in [3.63, 3.8) is 0 Å². The molecule has 2 unspecified atom stereocenters. The summed E-state index contributed by atoms with van der Waals surface area (Å²) in [6, 6.07) is 26.4. The number of carbonyl (C=O) groups is 6. The fourth-order valence-corrected chi connectivity index (χ4v) is 6.85. The van der Waals surface area contributed by atoms with Gasteiger partial charge in [-0.15, -0.1) is 0 Å². The van der Waals surface area contributed by atoms with Gasteiger partial charge in [-0.1, -0.05) is 19.0 Å². The van der Waals surface area contributed by atoms with Crippen molar-refractivity contribution in [2.45, 2.75) is 34.6 Å². The van der Waals surface area contributed by atoms with Gasteiger partial charge >= 0.3 is 23.9 Å². The molecule has 0 saturated heterocycles. The zero-order chi connectivity index (χ0) is 56.2. The number of pyridine rings is 5. The predicted octanol–water partition coefficient (Wildman–Crippen LogP) is 10.2. The van der Waals surface area contributed by atoms with Crippen molar-refractivity contribution in [1.82, 2.24) is 44.9 Å². The first kappa shape index (κ1) is 64.4. The number of H-pyrrole nitrogens is 4. The maximum absolute atomic E-state index is 11.7. The molecule has 0 bridgehead atoms. The number of ether oxygens (including phenoxy) is 3. The van der Waals surface area contributed by atoms with Crippen molar-refractivity contribution < 1.29 is 48.1 Å². The Morgan fingerprint density at radius 3 is 1.32 bits per heavy atom. The van der Waals surface area contributed by atoms with E-state index < -0.39 is 29.7 Å². The molecule has 0 aliphatic carbocycles. The predicted molar refractivity (Wildman–Crippen MR) is 305 cm³/mol. The molecule has 414 valence electrons. The lowest BCUT2D eigenvalue weighted by Gasteiger charge is -2.07. The van der Waals surface area contributed by atoms with Gasteiger partial charge in [-0.3, -0.25) is 39.3 Å². The maximum Gasteiger partial charge on any atom is 0.341 e. The number of hydrogen-bond acceptors (Lipinski definition) is 15. The van der Waals surface area contributed by atoms with E-state index in [0.29, 0.717) is 35.5 Å². The number of ketones is 1. The number of aromatic nitrogens is 9. The number of halogens is 1. The van der Waals surface area contributed by atoms with Crippen molar-refractivity contribution in [2.75, 3.05) is 19.8 Å². The molecule has 9 aromatic rings. The second-order valence-electron chi connectivity index (χ2n) is 15.7. The quantitative estimate of drug-likeness (QED) is 0.0240. The van der Waals surface area contributed by atoms with E-state index in [9.17, 15) is 28.8 Å². The van der Waals surface area contributed by atoms with Crippen LogP contribution in [0.25, 0.3) is 45.0 Å². The minimum absolute atomic E-state index is 0. The normalized spacial score (nSPS) is 10.1. The van der Waals surface area contributed by atoms with Gasteiger partial charge in [-0.05, 0) is 106 Å². The lowest BCUT2D eigenvalue weighted by molar-refractivity contribution is -0.145. The lowest BCUT2D eigenvalue weighted by Crippen LogP contribution is -2.19. The summed E-state index contributed by atoms with van der Waals surface area (Å²) < 4.78 is 14.5. The standard InChI is InChI=1S/C12H11ClN2O2.C12H12N2O3.C12H12N2O2.C10H9N3O.C10H8N2O2.CH4.H3P/c1-2-17-12(16)9-7-10(15-11(9)13)8-3-5-14-6-4-8;1-2-17-12(16)10(8-13)7-11(15)9-3-5-14-6-4-9;1-2-16-12(15)10-7-11(14-8-10)9-3-5-13-6-4-9;11-10(14)8-5-9(13-6-8)7-1-3-12-4-2-7;13-10(14)8-5-9(12-6-8)7-1-3-11-4-2-7;;/h3-7,15H,2H2,1H3;3-6,10H,2,7H2,1H3;3-8,14H,2H2,1H3;1-6,13H,(H2,11,14);1-6,12H,(H,13,14);1H4;1H3. The van der Waals surface area contributed by atoms with Gasteiger partial charge in [0.2, 0.25) is 5.91 Å². The molecule has 0 fully saturated rings. The minimum Gasteiger partial charge on any atom is -0.478 e. The molecular weight excluding hydrogens is 1070 g/mol. The molecule has 2 atom stereocenters. The molecule has 0 aliphatic rings. The fourth-order valence-electron chi connectivity index (χ4n) is 6.61. The molecule has 9 aromatic heterocycles. The first-order valence-corrected chi connectivity index (χ1v) is 24.1. The SMILES string of the molecule is C.CCOC(=O)C(C#N)CC(=O)c1ccncc1.CCOC(=O)c1c[nH]c(-c2ccncc2)c1.CCOC(=O)c1cc(-c2ccncc2)[nH]c1Cl.NC(=O)c1c[nH]c(-c2ccncc2)c1.O=C(O)c1c[nH]c(-c2ccncc2)c1.P. The van der Waals surface area contributed by atoms with Gasteiger partial charge in [0.1, 0.15) is 5.15 Å². The van der Waals surface area contributed by atoms with Crippen molar-refractivity contribution in [1.29, 1.82) is 5.26 Å². The highest BCUT2D eigenvalue weighted by Crippen LogP contribution is 2.26. The number of nitriles is 1. The van der Waals surface area contributed by atoms with Crippen LogP contribution in [0.4, 0.5) is 0 Å². The second kappa shape index (κ2) is 34.0. The van der Waals surface area contributed by atoms with Gasteiger partial charge in [0.25, 0.3) is 0 Å². The number of carboxylic acid groups (broad SMARTS) is 1. The Labute approximate surface area is 469 Å². The zero-order valence-corrected chi connectivity index (χ0v) is 45.1. The number of Topliss-reactive ketones (excluding diaryl/α,β-unsaturated/α-hetero) is 1. The largest absolute Gasteiger partial charge is 0.478 e. The molecule has 23 heteroatoms. The monoisotopic (exact) mass is 1120 g/mol. The second-order valence-corrected chi connectivity index (χ2v) is 16.0. The van der Waals surface area contributed by atoms with Crippen LogP contribution in [0.1, 0.15) is 86.4 Å². The molecule has 1 amide bonds. The van der Waals surface area contributed by atoms with Gasteiger partial charge in [0, 0.05) is 138 Å². The van der Waals surface area contributed by atoms with Crippen LogP contribution < -0.4 is 5.73 Å². The van der Waals surface area contributed by atoms with Crippen LogP contribution in [0.2, 0.25) is 5.15 Å². The highest BCUT2D eigenvalue weighted by Gasteiger charge is 2.23. The Morgan fingerprint density at radius 1 is 0.562 bits per heavy atom. The number of amides is 1. The summed E-state index contributed by atoms with van der Waals surface area (Å²) in [5.41, 5.74) is 14.3. The van der Waals surface area contributed by atoms with E-state index in [1.165, 1.54) is 18.6 Å². The number of rotatable bonds is 15. The molecule has 0 saturated carbocycles. The van der Waals surface area contributed by atoms with E-state index in [1.807, 2.05) is 48.5 Å². The molecule has 0 aromatic carbocycles. The number of nitrogens with zero attached hydrogens (tertiary/aromatic N) is 6. The third kappa shape index (κ3) is 19.9. The number of primary amides is 1. The molecule has 9 rings (SSSR count). The van der Waals surface area contributed by atoms with Crippen LogP contribution >= 0.6 is 21.5 Å². The van der Waals surface area contributed by atoms with E-state index in [2.05, 4.69) is 44.9 Å². The Kier molecular flexibility index (Phi) is 27.4. The van der Waals surface area contributed by atoms with Gasteiger partial charge in [0.05, 0.1) is 48.1 Å². The Bertz CT molecular complexity index is 3300. The maximum atomic E-state index is 11.7. The average molecular weight is 1120 g/mol. The van der Waals surface area contributed by atoms with Gasteiger partial charge < -0.3 is 45.0 Å². The highest BCUT2D eigenvalue weighted by atomic mass is 35.5. The molecular formula is C57H59ClN11O10P. The van der Waals surface area contributed by atoms with Crippen molar-refractivity contribution in [2.24, 2.45) is 11.7 Å². The number of aromatic carboxylic acids is 1. The van der Waals surface area contributed by atoms with E-state index in [0.717, 1.165) is 45.0 Å². The molecule has 9 heterocycles. The molecule has 80 heavy (non-hydrogen) atoms. The van der Waals surface area contributed by atoms with Gasteiger partial charge in [0.15, 0.2) is 11.7 Å². The smallest absolute Gasteiger partial charge is 0.341 e. The first-order valence-electron chi connectivity index (χ1n) is 23.7. The van der Waals surface area contributed by atoms with Crippen molar-refractivity contribution in [3.05, 3.63) is 198 Å². The number of carbonyl (C=O) groups excluding carboxylic acids is 5. The van der Waals surface area contributed by atoms with Crippen LogP contribution in [-0.2, 0) is 19.0 Å². The molecule has 7 N–H and O–H groups in total. The first-order chi connectivity index (χ1) is 37.8. The van der Waals surface area contributed by atoms with Crippen LogP contribution in [0, 0.1) is 17.2 Å². The Balaban J connectivity index is 0.000000262. The van der Waals surface area contributed by atoms with Gasteiger partial charge in [-0.2, -0.15) is 15.2 Å². The van der Waals surface area contributed by atoms with Crippen LogP contribution in [0.3, 0.4) is 0 Å². The summed E-state index contributed by atoms with van der Waals surface area (Å²) in [5, 5.41) is 17.8. The average Bonchev–Trinajstić information content (AvgIpc) is 4.33. The number of carboxylic acids is 1. The number of aromatic amines is 4. The summed E-state index contributed by atoms with van der Waals surface area (Å²) in [6.07, 6.45) is 21.0. The Hall–Kier alpha value is -9.90. The summed E-state index contributed by atoms with van der Waals surface area (Å²) in [7, 11) is 0. The van der Waals surface area contributed by atoms with Crippen molar-refractivity contribution >= 4 is 57.1 Å². The molecule has 21 nitrogen and oxygen atoms in total. The third-order valence-electron chi connectivity index (χ3n) is 10.4. The highest BCUT2D eigenvalue weighted by molar-refractivity contribution is 6.92. The topological polar surface area (TPSA) is 328 Å². The van der Waals surface area contributed by atoms with E-state index in [4.69, 9.17) is 41.9 Å². The molecule has 0 spiro atoms. The summed E-state index contributed by atoms with van der Waals surface area (Å²) in [4.78, 5) is 98.8. The summed E-state index contributed by atoms with van der Waals surface area (Å²) >= 11 is 5.95. The fraction of sp³-hybridized carbons (Fsp3) is 0.158. The summed E-state index contributed by atoms with van der Waals surface area (Å²) in [5.74, 6) is -4.06. The lowest BCUT2D eigenvalue weighted by atomic mass is 10.0. The molecule has 0 aliphatic heterocycles. The minimum atomic E-state index is -1.05. The summed E-state index contributed by atoms with van der Waals surface area (Å²) in [6.45, 7) is 6.09. The van der Waals surface area contributed by atoms with Crippen LogP contribution in [0.15, 0.2) is 165 Å². The number of hydrogen-bond donors (Lipinski definition) is 6. The van der Waals surface area contributed by atoms with Gasteiger partial charge in [-0.25, -0.2) is 14.4 Å². The van der Waals surface area contributed by atoms with E-state index >= 15 is 0 Å². The zero-order valence-electron chi connectivity index (χ0n) is 43.0. The van der Waals surface area contributed by atoms with E-state index in [1.54, 1.807) is 125 Å². The van der Waals surface area contributed by atoms with Crippen molar-refractivity contribution in [3.8, 4) is 51.1 Å². The third-order valence-corrected chi connectivity index (χ3v) is 10.7. The molecule has 0 radical (unpaired) electrons. The number of esters is 3. The van der Waals surface area contributed by atoms with E-state index in [-0.39, 0.29) is 52.8 Å².